The summed E-state index contributed by atoms with van der Waals surface area (Å²) in [5, 5.41) is 4.51. The molecule has 2 aromatic rings. The molecule has 2 fully saturated rings. The van der Waals surface area contributed by atoms with Crippen LogP contribution in [0.3, 0.4) is 0 Å². The maximum absolute atomic E-state index is 14.8. The quantitative estimate of drug-likeness (QED) is 0.195. The van der Waals surface area contributed by atoms with E-state index in [1.807, 2.05) is 25.1 Å². The van der Waals surface area contributed by atoms with E-state index in [2.05, 4.69) is 36.9 Å². The zero-order valence-electron chi connectivity index (χ0n) is 26.8. The maximum atomic E-state index is 14.8. The summed E-state index contributed by atoms with van der Waals surface area (Å²) >= 11 is 0. The SMILES string of the molecule is CCCCC(C)(CCCC1=NOCN(Cc2cc(C3CC3)c(-c3ccccc3F)cc2OCC)CC1)C(=O)C1CC1CC. The fraction of sp³-hybridized carbons (Fsp3) is 0.622. The minimum atomic E-state index is -0.216. The van der Waals surface area contributed by atoms with E-state index in [1.165, 1.54) is 11.6 Å². The van der Waals surface area contributed by atoms with Crippen molar-refractivity contribution in [2.75, 3.05) is 19.9 Å². The van der Waals surface area contributed by atoms with E-state index in [9.17, 15) is 9.18 Å². The topological polar surface area (TPSA) is 51.1 Å². The normalized spacial score (nSPS) is 21.8. The van der Waals surface area contributed by atoms with Gasteiger partial charge in [-0.05, 0) is 93.0 Å². The molecule has 3 aliphatic rings. The summed E-state index contributed by atoms with van der Waals surface area (Å²) < 4.78 is 20.9. The van der Waals surface area contributed by atoms with Crippen molar-refractivity contribution in [1.82, 2.24) is 4.90 Å². The lowest BCUT2D eigenvalue weighted by atomic mass is 9.74. The predicted molar refractivity (Wildman–Crippen MR) is 172 cm³/mol. The fourth-order valence-corrected chi connectivity index (χ4v) is 6.93. The number of unbranched alkanes of at least 4 members (excludes halogenated alkanes) is 1. The first kappa shape index (κ1) is 31.7. The van der Waals surface area contributed by atoms with E-state index >= 15 is 0 Å². The first-order valence-electron chi connectivity index (χ1n) is 16.9. The van der Waals surface area contributed by atoms with Gasteiger partial charge in [-0.15, -0.1) is 0 Å². The van der Waals surface area contributed by atoms with Crippen LogP contribution >= 0.6 is 0 Å². The van der Waals surface area contributed by atoms with E-state index in [0.29, 0.717) is 49.0 Å². The first-order chi connectivity index (χ1) is 20.9. The molecule has 3 unspecified atom stereocenters. The van der Waals surface area contributed by atoms with Gasteiger partial charge in [0, 0.05) is 42.0 Å². The summed E-state index contributed by atoms with van der Waals surface area (Å²) in [6.07, 6.45) is 11.3. The average molecular weight is 591 g/mol. The number of hydrogen-bond donors (Lipinski definition) is 0. The van der Waals surface area contributed by atoms with Gasteiger partial charge in [0.05, 0.1) is 12.3 Å². The van der Waals surface area contributed by atoms with Crippen molar-refractivity contribution in [1.29, 1.82) is 0 Å². The Labute approximate surface area is 258 Å². The molecule has 0 aromatic heterocycles. The van der Waals surface area contributed by atoms with Gasteiger partial charge in [0.25, 0.3) is 0 Å². The highest BCUT2D eigenvalue weighted by Gasteiger charge is 2.47. The van der Waals surface area contributed by atoms with E-state index in [1.54, 1.807) is 6.07 Å². The van der Waals surface area contributed by atoms with Gasteiger partial charge in [0.15, 0.2) is 6.73 Å². The number of benzene rings is 2. The summed E-state index contributed by atoms with van der Waals surface area (Å²) in [5.41, 5.74) is 4.79. The van der Waals surface area contributed by atoms with E-state index in [0.717, 1.165) is 99.8 Å². The molecule has 0 saturated heterocycles. The number of oxime groups is 1. The van der Waals surface area contributed by atoms with Crippen molar-refractivity contribution in [2.45, 2.75) is 111 Å². The Bertz CT molecular complexity index is 1290. The lowest BCUT2D eigenvalue weighted by Gasteiger charge is -2.29. The molecule has 5 rings (SSSR count). The Kier molecular flexibility index (Phi) is 10.6. The molecule has 0 bridgehead atoms. The number of ketones is 1. The van der Waals surface area contributed by atoms with Gasteiger partial charge in [-0.2, -0.15) is 0 Å². The summed E-state index contributed by atoms with van der Waals surface area (Å²) in [6, 6.07) is 11.3. The fourth-order valence-electron chi connectivity index (χ4n) is 6.93. The molecular formula is C37H51FN2O3. The van der Waals surface area contributed by atoms with Gasteiger partial charge < -0.3 is 9.57 Å². The van der Waals surface area contributed by atoms with Crippen LogP contribution in [0.25, 0.3) is 11.1 Å². The Morgan fingerprint density at radius 1 is 1.12 bits per heavy atom. The van der Waals surface area contributed by atoms with Gasteiger partial charge in [0.2, 0.25) is 0 Å². The van der Waals surface area contributed by atoms with Gasteiger partial charge in [0.1, 0.15) is 17.3 Å². The largest absolute Gasteiger partial charge is 0.494 e. The number of rotatable bonds is 16. The van der Waals surface area contributed by atoms with Crippen molar-refractivity contribution in [3.63, 3.8) is 0 Å². The summed E-state index contributed by atoms with van der Waals surface area (Å²) in [5.74, 6) is 2.50. The van der Waals surface area contributed by atoms with Crippen molar-refractivity contribution in [2.24, 2.45) is 22.4 Å². The van der Waals surface area contributed by atoms with Crippen molar-refractivity contribution < 1.29 is 18.8 Å². The van der Waals surface area contributed by atoms with Crippen LogP contribution in [-0.4, -0.2) is 36.3 Å². The average Bonchev–Trinajstić information content (AvgIpc) is 3.92. The Hall–Kier alpha value is -2.73. The highest BCUT2D eigenvalue weighted by molar-refractivity contribution is 5.89. The molecule has 1 heterocycles. The van der Waals surface area contributed by atoms with Gasteiger partial charge in [-0.3, -0.25) is 9.69 Å². The Morgan fingerprint density at radius 2 is 1.91 bits per heavy atom. The zero-order valence-corrected chi connectivity index (χ0v) is 26.8. The molecule has 0 radical (unpaired) electrons. The molecule has 43 heavy (non-hydrogen) atoms. The second-order valence-electron chi connectivity index (χ2n) is 13.3. The van der Waals surface area contributed by atoms with Gasteiger partial charge >= 0.3 is 0 Å². The molecule has 234 valence electrons. The lowest BCUT2D eigenvalue weighted by molar-refractivity contribution is -0.130. The van der Waals surface area contributed by atoms with Crippen LogP contribution in [-0.2, 0) is 16.2 Å². The van der Waals surface area contributed by atoms with Crippen LogP contribution in [0.5, 0.6) is 5.75 Å². The molecule has 2 aliphatic carbocycles. The van der Waals surface area contributed by atoms with Gasteiger partial charge in [-0.1, -0.05) is 63.4 Å². The molecule has 3 atom stereocenters. The van der Waals surface area contributed by atoms with Crippen molar-refractivity contribution in [3.05, 3.63) is 53.3 Å². The number of nitrogens with zero attached hydrogens (tertiary/aromatic N) is 2. The second kappa shape index (κ2) is 14.4. The smallest absolute Gasteiger partial charge is 0.171 e. The molecule has 5 nitrogen and oxygen atoms in total. The number of carbonyl (C=O) groups excluding carboxylic acids is 1. The third kappa shape index (κ3) is 7.87. The summed E-state index contributed by atoms with van der Waals surface area (Å²) in [6.45, 7) is 11.1. The Balaban J connectivity index is 1.21. The monoisotopic (exact) mass is 590 g/mol. The van der Waals surface area contributed by atoms with E-state index in [-0.39, 0.29) is 11.2 Å². The molecule has 0 spiro atoms. The highest BCUT2D eigenvalue weighted by atomic mass is 19.1. The number of ether oxygens (including phenoxy) is 1. The molecule has 2 aromatic carbocycles. The minimum Gasteiger partial charge on any atom is -0.494 e. The van der Waals surface area contributed by atoms with Crippen molar-refractivity contribution >= 4 is 11.5 Å². The Morgan fingerprint density at radius 3 is 2.60 bits per heavy atom. The summed E-state index contributed by atoms with van der Waals surface area (Å²) in [7, 11) is 0. The van der Waals surface area contributed by atoms with Gasteiger partial charge in [-0.25, -0.2) is 4.39 Å². The molecule has 1 aliphatic heterocycles. The molecule has 2 saturated carbocycles. The molecule has 6 heteroatoms. The minimum absolute atomic E-state index is 0.196. The zero-order chi connectivity index (χ0) is 30.4. The molecule has 0 amide bonds. The van der Waals surface area contributed by atoms with Crippen LogP contribution in [0.2, 0.25) is 0 Å². The standard InChI is InChI=1S/C37H51FN2O3/c1-5-8-18-37(4,36(41)32-21-26(32)6-2)19-11-12-29-17-20-40(25-43-39-29)24-28-22-31(27-15-16-27)33(23-35(28)42-7-3)30-13-9-10-14-34(30)38/h9-10,13-14,22-23,26-27,32H,5-8,11-12,15-21,24-25H2,1-4H3. The summed E-state index contributed by atoms with van der Waals surface area (Å²) in [4.78, 5) is 21.5. The van der Waals surface area contributed by atoms with Crippen molar-refractivity contribution in [3.8, 4) is 16.9 Å². The third-order valence-electron chi connectivity index (χ3n) is 9.91. The number of halogens is 1. The van der Waals surface area contributed by atoms with Crippen LogP contribution in [0.4, 0.5) is 4.39 Å². The van der Waals surface area contributed by atoms with Crippen LogP contribution in [0.1, 0.15) is 115 Å². The lowest BCUT2D eigenvalue weighted by Crippen LogP contribution is -2.30. The van der Waals surface area contributed by atoms with E-state index < -0.39 is 0 Å². The third-order valence-corrected chi connectivity index (χ3v) is 9.91. The van der Waals surface area contributed by atoms with Crippen LogP contribution < -0.4 is 4.74 Å². The number of carbonyl (C=O) groups is 1. The van der Waals surface area contributed by atoms with Crippen LogP contribution in [0, 0.1) is 23.1 Å². The molecule has 0 N–H and O–H groups in total. The molecular weight excluding hydrogens is 539 g/mol. The van der Waals surface area contributed by atoms with Crippen LogP contribution in [0.15, 0.2) is 41.6 Å². The number of hydrogen-bond acceptors (Lipinski definition) is 5. The highest BCUT2D eigenvalue weighted by Crippen LogP contribution is 2.49. The second-order valence-corrected chi connectivity index (χ2v) is 13.3. The number of Topliss-reactive ketones (excluding diaryl/α,β-unsaturated/α-hetero) is 1. The maximum Gasteiger partial charge on any atom is 0.171 e. The first-order valence-corrected chi connectivity index (χ1v) is 16.9. The van der Waals surface area contributed by atoms with E-state index in [4.69, 9.17) is 9.57 Å². The predicted octanol–water partition coefficient (Wildman–Crippen LogP) is 9.29.